The number of aryl methyl sites for hydroxylation is 1. The molecule has 8 nitrogen and oxygen atoms in total. The van der Waals surface area contributed by atoms with Crippen LogP contribution in [0.5, 0.6) is 5.75 Å². The summed E-state index contributed by atoms with van der Waals surface area (Å²) in [6, 6.07) is 8.64. The summed E-state index contributed by atoms with van der Waals surface area (Å²) < 4.78 is 11.7. The van der Waals surface area contributed by atoms with Crippen LogP contribution < -0.4 is 20.5 Å². The average Bonchev–Trinajstić information content (AvgIpc) is 2.69. The molecule has 2 heterocycles. The van der Waals surface area contributed by atoms with Gasteiger partial charge in [0.2, 0.25) is 0 Å². The van der Waals surface area contributed by atoms with Gasteiger partial charge in [-0.1, -0.05) is 17.7 Å². The average molecular weight is 373 g/mol. The SMILES string of the molecule is COc1cc(=O)n(-c2ccc(C)cc2)nc1C(=O)NCC[NH+]1CCOCC1. The minimum atomic E-state index is -0.361. The molecule has 0 bridgehead atoms. The van der Waals surface area contributed by atoms with E-state index < -0.39 is 0 Å². The summed E-state index contributed by atoms with van der Waals surface area (Å²) in [5.41, 5.74) is 1.41. The smallest absolute Gasteiger partial charge is 0.275 e. The Hall–Kier alpha value is -2.71. The molecule has 0 aliphatic carbocycles. The highest BCUT2D eigenvalue weighted by Gasteiger charge is 2.19. The fraction of sp³-hybridized carbons (Fsp3) is 0.421. The van der Waals surface area contributed by atoms with Crippen molar-refractivity contribution >= 4 is 5.91 Å². The van der Waals surface area contributed by atoms with Gasteiger partial charge >= 0.3 is 0 Å². The van der Waals surface area contributed by atoms with E-state index >= 15 is 0 Å². The van der Waals surface area contributed by atoms with Gasteiger partial charge in [0.25, 0.3) is 11.5 Å². The van der Waals surface area contributed by atoms with Crippen LogP contribution in [0.15, 0.2) is 35.1 Å². The predicted octanol–water partition coefficient (Wildman–Crippen LogP) is -0.806. The Morgan fingerprint density at radius 3 is 2.67 bits per heavy atom. The number of ether oxygens (including phenoxy) is 2. The molecule has 0 radical (unpaired) electrons. The molecule has 144 valence electrons. The molecule has 1 saturated heterocycles. The number of nitrogens with one attached hydrogen (secondary N) is 2. The summed E-state index contributed by atoms with van der Waals surface area (Å²) in [6.45, 7) is 6.67. The van der Waals surface area contributed by atoms with Crippen molar-refractivity contribution in [2.45, 2.75) is 6.92 Å². The highest BCUT2D eigenvalue weighted by molar-refractivity contribution is 5.94. The van der Waals surface area contributed by atoms with Gasteiger partial charge < -0.3 is 19.7 Å². The van der Waals surface area contributed by atoms with Crippen molar-refractivity contribution in [2.24, 2.45) is 0 Å². The molecular formula is C19H25N4O4+. The molecule has 0 unspecified atom stereocenters. The van der Waals surface area contributed by atoms with E-state index in [1.807, 2.05) is 19.1 Å². The largest absolute Gasteiger partial charge is 0.494 e. The third-order valence-electron chi connectivity index (χ3n) is 4.57. The summed E-state index contributed by atoms with van der Waals surface area (Å²) in [7, 11) is 1.42. The molecule has 2 aromatic rings. The number of amides is 1. The number of morpholine rings is 1. The lowest BCUT2D eigenvalue weighted by Crippen LogP contribution is -3.14. The van der Waals surface area contributed by atoms with E-state index in [0.717, 1.165) is 38.4 Å². The topological polar surface area (TPSA) is 86.9 Å². The summed E-state index contributed by atoms with van der Waals surface area (Å²) in [5, 5.41) is 7.12. The summed E-state index contributed by atoms with van der Waals surface area (Å²) in [5.74, 6) is -0.194. The lowest BCUT2D eigenvalue weighted by molar-refractivity contribution is -0.906. The van der Waals surface area contributed by atoms with Gasteiger partial charge in [-0.15, -0.1) is 0 Å². The van der Waals surface area contributed by atoms with Crippen molar-refractivity contribution in [1.29, 1.82) is 0 Å². The zero-order valence-electron chi connectivity index (χ0n) is 15.7. The van der Waals surface area contributed by atoms with Gasteiger partial charge in [-0.3, -0.25) is 9.59 Å². The molecule has 2 N–H and O–H groups in total. The van der Waals surface area contributed by atoms with Crippen LogP contribution in [-0.2, 0) is 4.74 Å². The summed E-state index contributed by atoms with van der Waals surface area (Å²) in [6.07, 6.45) is 0. The quantitative estimate of drug-likeness (QED) is 0.692. The van der Waals surface area contributed by atoms with Crippen LogP contribution in [0.25, 0.3) is 5.69 Å². The second kappa shape index (κ2) is 8.79. The van der Waals surface area contributed by atoms with Gasteiger partial charge in [0.1, 0.15) is 13.1 Å². The maximum absolute atomic E-state index is 12.6. The fourth-order valence-corrected chi connectivity index (χ4v) is 2.97. The molecule has 27 heavy (non-hydrogen) atoms. The third kappa shape index (κ3) is 4.72. The van der Waals surface area contributed by atoms with Gasteiger partial charge in [0.15, 0.2) is 11.4 Å². The van der Waals surface area contributed by atoms with Crippen LogP contribution in [0.4, 0.5) is 0 Å². The highest BCUT2D eigenvalue weighted by atomic mass is 16.5. The van der Waals surface area contributed by atoms with E-state index in [1.165, 1.54) is 22.8 Å². The highest BCUT2D eigenvalue weighted by Crippen LogP contribution is 2.14. The molecule has 1 aromatic heterocycles. The van der Waals surface area contributed by atoms with E-state index in [1.54, 1.807) is 12.1 Å². The predicted molar refractivity (Wildman–Crippen MR) is 99.8 cm³/mol. The van der Waals surface area contributed by atoms with Crippen LogP contribution in [0, 0.1) is 6.92 Å². The van der Waals surface area contributed by atoms with Gasteiger partial charge in [0, 0.05) is 0 Å². The van der Waals surface area contributed by atoms with E-state index in [9.17, 15) is 9.59 Å². The van der Waals surface area contributed by atoms with Crippen molar-refractivity contribution in [2.75, 3.05) is 46.5 Å². The first-order valence-electron chi connectivity index (χ1n) is 9.03. The van der Waals surface area contributed by atoms with Crippen LogP contribution in [0.1, 0.15) is 16.1 Å². The number of benzene rings is 1. The van der Waals surface area contributed by atoms with Crippen molar-refractivity contribution in [3.8, 4) is 11.4 Å². The first-order chi connectivity index (χ1) is 13.1. The number of rotatable bonds is 6. The maximum Gasteiger partial charge on any atom is 0.275 e. The number of carbonyl (C=O) groups is 1. The number of nitrogens with zero attached hydrogens (tertiary/aromatic N) is 2. The Bertz CT molecular complexity index is 842. The number of hydrogen-bond acceptors (Lipinski definition) is 5. The van der Waals surface area contributed by atoms with Crippen molar-refractivity contribution in [3.05, 3.63) is 51.9 Å². The first kappa shape index (κ1) is 19.1. The third-order valence-corrected chi connectivity index (χ3v) is 4.57. The lowest BCUT2D eigenvalue weighted by Gasteiger charge is -2.23. The number of quaternary nitrogens is 1. The standard InChI is InChI=1S/C19H24N4O4/c1-14-3-5-15(6-4-14)23-17(24)13-16(26-2)18(21-23)19(25)20-7-8-22-9-11-27-12-10-22/h3-6,13H,7-12H2,1-2H3,(H,20,25)/p+1. The van der Waals surface area contributed by atoms with Crippen LogP contribution in [0.2, 0.25) is 0 Å². The van der Waals surface area contributed by atoms with Gasteiger partial charge in [-0.25, -0.2) is 0 Å². The zero-order chi connectivity index (χ0) is 19.2. The second-order valence-corrected chi connectivity index (χ2v) is 6.52. The molecule has 1 aliphatic heterocycles. The molecule has 1 aromatic carbocycles. The molecule has 8 heteroatoms. The molecule has 0 atom stereocenters. The minimum Gasteiger partial charge on any atom is -0.494 e. The van der Waals surface area contributed by atoms with E-state index in [2.05, 4.69) is 10.4 Å². The Kier molecular flexibility index (Phi) is 6.20. The van der Waals surface area contributed by atoms with E-state index in [-0.39, 0.29) is 22.9 Å². The van der Waals surface area contributed by atoms with Gasteiger partial charge in [0.05, 0.1) is 45.2 Å². The Labute approximate surface area is 157 Å². The molecule has 0 saturated carbocycles. The zero-order valence-corrected chi connectivity index (χ0v) is 15.7. The van der Waals surface area contributed by atoms with Gasteiger partial charge in [-0.05, 0) is 19.1 Å². The van der Waals surface area contributed by atoms with E-state index in [4.69, 9.17) is 9.47 Å². The summed E-state index contributed by atoms with van der Waals surface area (Å²) >= 11 is 0. The minimum absolute atomic E-state index is 0.0923. The normalized spacial score (nSPS) is 14.7. The Balaban J connectivity index is 1.76. The number of methoxy groups -OCH3 is 1. The molecule has 1 fully saturated rings. The number of aromatic nitrogens is 2. The molecule has 1 aliphatic rings. The Morgan fingerprint density at radius 2 is 2.00 bits per heavy atom. The molecule has 1 amide bonds. The monoisotopic (exact) mass is 373 g/mol. The maximum atomic E-state index is 12.6. The summed E-state index contributed by atoms with van der Waals surface area (Å²) in [4.78, 5) is 26.4. The van der Waals surface area contributed by atoms with E-state index in [0.29, 0.717) is 12.2 Å². The second-order valence-electron chi connectivity index (χ2n) is 6.52. The molecule has 0 spiro atoms. The van der Waals surface area contributed by atoms with Crippen LogP contribution in [-0.4, -0.2) is 62.2 Å². The van der Waals surface area contributed by atoms with Gasteiger partial charge in [-0.2, -0.15) is 9.78 Å². The molecule has 3 rings (SSSR count). The number of hydrogen-bond donors (Lipinski definition) is 2. The molecular weight excluding hydrogens is 348 g/mol. The van der Waals surface area contributed by atoms with Crippen molar-refractivity contribution in [1.82, 2.24) is 15.1 Å². The fourth-order valence-electron chi connectivity index (χ4n) is 2.97. The van der Waals surface area contributed by atoms with Crippen LogP contribution >= 0.6 is 0 Å². The van der Waals surface area contributed by atoms with Crippen LogP contribution in [0.3, 0.4) is 0 Å². The Morgan fingerprint density at radius 1 is 1.30 bits per heavy atom. The number of carbonyl (C=O) groups excluding carboxylic acids is 1. The first-order valence-corrected chi connectivity index (χ1v) is 9.03. The van der Waals surface area contributed by atoms with Crippen molar-refractivity contribution in [3.63, 3.8) is 0 Å². The lowest BCUT2D eigenvalue weighted by atomic mass is 10.2. The van der Waals surface area contributed by atoms with Crippen molar-refractivity contribution < 1.29 is 19.2 Å².